The van der Waals surface area contributed by atoms with Gasteiger partial charge >= 0.3 is 0 Å². The monoisotopic (exact) mass is 206 g/mol. The van der Waals surface area contributed by atoms with Gasteiger partial charge in [0.05, 0.1) is 13.7 Å². The van der Waals surface area contributed by atoms with Gasteiger partial charge in [-0.25, -0.2) is 0 Å². The molecular formula is C13H20NO+. The van der Waals surface area contributed by atoms with Crippen LogP contribution in [0, 0.1) is 0 Å². The predicted octanol–water partition coefficient (Wildman–Crippen LogP) is 1.87. The van der Waals surface area contributed by atoms with E-state index < -0.39 is 0 Å². The smallest absolute Gasteiger partial charge is 0.119 e. The third-order valence-electron chi connectivity index (χ3n) is 3.19. The number of methoxy groups -OCH3 is 1. The number of hydrogen-bond acceptors (Lipinski definition) is 1. The van der Waals surface area contributed by atoms with Crippen molar-refractivity contribution in [3.05, 3.63) is 29.8 Å². The average molecular weight is 206 g/mol. The Bertz CT molecular complexity index is 303. The Kier molecular flexibility index (Phi) is 3.62. The van der Waals surface area contributed by atoms with E-state index in [9.17, 15) is 0 Å². The molecule has 0 unspecified atom stereocenters. The number of nitrogens with two attached hydrogens (primary N) is 1. The van der Waals surface area contributed by atoms with Crippen LogP contribution in [0.3, 0.4) is 0 Å². The van der Waals surface area contributed by atoms with Gasteiger partial charge in [0.2, 0.25) is 0 Å². The van der Waals surface area contributed by atoms with E-state index in [0.29, 0.717) is 6.04 Å². The summed E-state index contributed by atoms with van der Waals surface area (Å²) in [4.78, 5) is 0. The molecular weight excluding hydrogens is 186 g/mol. The van der Waals surface area contributed by atoms with Gasteiger partial charge in [0.15, 0.2) is 0 Å². The molecule has 2 heteroatoms. The van der Waals surface area contributed by atoms with Gasteiger partial charge in [-0.1, -0.05) is 12.1 Å². The molecule has 1 aromatic carbocycles. The van der Waals surface area contributed by atoms with Gasteiger partial charge in [0.25, 0.3) is 0 Å². The van der Waals surface area contributed by atoms with Crippen LogP contribution >= 0.6 is 0 Å². The van der Waals surface area contributed by atoms with Crippen molar-refractivity contribution in [3.8, 4) is 5.75 Å². The molecule has 0 saturated carbocycles. The summed E-state index contributed by atoms with van der Waals surface area (Å²) in [6.07, 6.45) is 5.41. The fourth-order valence-electron chi connectivity index (χ4n) is 2.30. The minimum absolute atomic E-state index is 0.641. The van der Waals surface area contributed by atoms with E-state index >= 15 is 0 Å². The lowest BCUT2D eigenvalue weighted by atomic mass is 10.0. The Balaban J connectivity index is 2.12. The summed E-state index contributed by atoms with van der Waals surface area (Å²) in [5, 5.41) is 2.47. The molecule has 1 atom stereocenters. The van der Waals surface area contributed by atoms with E-state index in [-0.39, 0.29) is 0 Å². The van der Waals surface area contributed by atoms with Gasteiger partial charge in [-0.15, -0.1) is 0 Å². The average Bonchev–Trinajstić information content (AvgIpc) is 2.58. The van der Waals surface area contributed by atoms with E-state index in [0.717, 1.165) is 5.75 Å². The molecule has 1 saturated heterocycles. The zero-order chi connectivity index (χ0) is 10.5. The summed E-state index contributed by atoms with van der Waals surface area (Å²) in [5.74, 6) is 0.977. The molecule has 1 aromatic rings. The molecule has 0 spiro atoms. The Morgan fingerprint density at radius 2 is 2.20 bits per heavy atom. The molecule has 1 heterocycles. The molecule has 0 amide bonds. The van der Waals surface area contributed by atoms with E-state index in [2.05, 4.69) is 23.5 Å². The fraction of sp³-hybridized carbons (Fsp3) is 0.538. The van der Waals surface area contributed by atoms with Crippen LogP contribution in [-0.4, -0.2) is 13.7 Å². The van der Waals surface area contributed by atoms with Crippen molar-refractivity contribution in [3.63, 3.8) is 0 Å². The number of hydrogen-bond donors (Lipinski definition) is 1. The highest BCUT2D eigenvalue weighted by Crippen LogP contribution is 2.21. The zero-order valence-electron chi connectivity index (χ0n) is 9.41. The van der Waals surface area contributed by atoms with Crippen molar-refractivity contribution in [1.82, 2.24) is 0 Å². The summed E-state index contributed by atoms with van der Waals surface area (Å²) in [7, 11) is 1.73. The molecule has 1 aliphatic heterocycles. The summed E-state index contributed by atoms with van der Waals surface area (Å²) in [6, 6.07) is 9.14. The number of quaternary nitrogens is 1. The first-order chi connectivity index (χ1) is 7.40. The Hall–Kier alpha value is -1.02. The summed E-state index contributed by atoms with van der Waals surface area (Å²) in [5.41, 5.74) is 1.41. The van der Waals surface area contributed by atoms with Crippen LogP contribution in [0.15, 0.2) is 24.3 Å². The summed E-state index contributed by atoms with van der Waals surface area (Å²) < 4.78 is 5.26. The van der Waals surface area contributed by atoms with Crippen LogP contribution in [0.1, 0.15) is 37.3 Å². The Morgan fingerprint density at radius 3 is 3.07 bits per heavy atom. The normalized spacial score (nSPS) is 22.1. The molecule has 0 radical (unpaired) electrons. The molecule has 2 rings (SSSR count). The maximum Gasteiger partial charge on any atom is 0.119 e. The van der Waals surface area contributed by atoms with E-state index in [1.165, 1.54) is 37.8 Å². The SMILES string of the molecule is COc1cccc([C@H]2CCCCC[NH2+]2)c1. The third kappa shape index (κ3) is 2.72. The van der Waals surface area contributed by atoms with Crippen molar-refractivity contribution in [2.75, 3.05) is 13.7 Å². The molecule has 0 aromatic heterocycles. The second-order valence-corrected chi connectivity index (χ2v) is 4.26. The molecule has 82 valence electrons. The minimum atomic E-state index is 0.641. The maximum atomic E-state index is 5.26. The van der Waals surface area contributed by atoms with Crippen LogP contribution < -0.4 is 10.1 Å². The van der Waals surface area contributed by atoms with E-state index in [1.54, 1.807) is 7.11 Å². The Morgan fingerprint density at radius 1 is 1.27 bits per heavy atom. The lowest BCUT2D eigenvalue weighted by Gasteiger charge is -2.13. The highest BCUT2D eigenvalue weighted by molar-refractivity contribution is 5.29. The standard InChI is InChI=1S/C13H19NO/c1-15-12-7-5-6-11(10-12)13-8-3-2-4-9-14-13/h5-7,10,13-14H,2-4,8-9H2,1H3/p+1/t13-/m1/s1. The lowest BCUT2D eigenvalue weighted by Crippen LogP contribution is -2.84. The third-order valence-corrected chi connectivity index (χ3v) is 3.19. The van der Waals surface area contributed by atoms with Gasteiger partial charge in [-0.05, 0) is 31.4 Å². The van der Waals surface area contributed by atoms with Gasteiger partial charge in [-0.3, -0.25) is 0 Å². The highest BCUT2D eigenvalue weighted by atomic mass is 16.5. The molecule has 2 nitrogen and oxygen atoms in total. The quantitative estimate of drug-likeness (QED) is 0.785. The molecule has 0 aliphatic carbocycles. The van der Waals surface area contributed by atoms with Crippen LogP contribution in [-0.2, 0) is 0 Å². The molecule has 2 N–H and O–H groups in total. The Labute approximate surface area is 91.6 Å². The van der Waals surface area contributed by atoms with Crippen LogP contribution in [0.25, 0.3) is 0 Å². The maximum absolute atomic E-state index is 5.26. The largest absolute Gasteiger partial charge is 0.497 e. The predicted molar refractivity (Wildman–Crippen MR) is 61.0 cm³/mol. The van der Waals surface area contributed by atoms with Crippen molar-refractivity contribution < 1.29 is 10.1 Å². The minimum Gasteiger partial charge on any atom is -0.497 e. The van der Waals surface area contributed by atoms with Gasteiger partial charge in [0.1, 0.15) is 11.8 Å². The van der Waals surface area contributed by atoms with Gasteiger partial charge in [0, 0.05) is 12.0 Å². The summed E-state index contributed by atoms with van der Waals surface area (Å²) >= 11 is 0. The fourth-order valence-corrected chi connectivity index (χ4v) is 2.30. The van der Waals surface area contributed by atoms with Gasteiger partial charge in [-0.2, -0.15) is 0 Å². The molecule has 1 fully saturated rings. The van der Waals surface area contributed by atoms with Crippen molar-refractivity contribution >= 4 is 0 Å². The number of ether oxygens (including phenoxy) is 1. The van der Waals surface area contributed by atoms with Crippen molar-refractivity contribution in [2.45, 2.75) is 31.7 Å². The second kappa shape index (κ2) is 5.17. The van der Waals surface area contributed by atoms with Gasteiger partial charge < -0.3 is 10.1 Å². The lowest BCUT2D eigenvalue weighted by molar-refractivity contribution is -0.694. The van der Waals surface area contributed by atoms with E-state index in [1.807, 2.05) is 6.07 Å². The van der Waals surface area contributed by atoms with E-state index in [4.69, 9.17) is 4.74 Å². The molecule has 0 bridgehead atoms. The van der Waals surface area contributed by atoms with Crippen LogP contribution in [0.5, 0.6) is 5.75 Å². The first-order valence-electron chi connectivity index (χ1n) is 5.87. The van der Waals surface area contributed by atoms with Crippen LogP contribution in [0.2, 0.25) is 0 Å². The first kappa shape index (κ1) is 10.5. The topological polar surface area (TPSA) is 25.8 Å². The highest BCUT2D eigenvalue weighted by Gasteiger charge is 2.17. The van der Waals surface area contributed by atoms with Crippen LogP contribution in [0.4, 0.5) is 0 Å². The molecule has 15 heavy (non-hydrogen) atoms. The molecule has 1 aliphatic rings. The zero-order valence-corrected chi connectivity index (χ0v) is 9.41. The summed E-state index contributed by atoms with van der Waals surface area (Å²) in [6.45, 7) is 1.27. The first-order valence-corrected chi connectivity index (χ1v) is 5.87. The number of rotatable bonds is 2. The van der Waals surface area contributed by atoms with Crippen molar-refractivity contribution in [1.29, 1.82) is 0 Å². The van der Waals surface area contributed by atoms with Crippen molar-refractivity contribution in [2.24, 2.45) is 0 Å². The number of benzene rings is 1. The second-order valence-electron chi connectivity index (χ2n) is 4.26.